The minimum atomic E-state index is 0.00728. The first kappa shape index (κ1) is 21.3. The Morgan fingerprint density at radius 2 is 1.74 bits per heavy atom. The van der Waals surface area contributed by atoms with Gasteiger partial charge in [-0.2, -0.15) is 0 Å². The number of aromatic nitrogens is 3. The third kappa shape index (κ3) is 6.29. The number of hydrogen-bond acceptors (Lipinski definition) is 5. The number of benzene rings is 2. The molecule has 0 aliphatic heterocycles. The van der Waals surface area contributed by atoms with E-state index >= 15 is 0 Å². The van der Waals surface area contributed by atoms with Crippen LogP contribution in [0, 0.1) is 0 Å². The average molecular weight is 449 g/mol. The number of rotatable bonds is 10. The molecule has 158 valence electrons. The molecule has 0 bridgehead atoms. The van der Waals surface area contributed by atoms with E-state index in [9.17, 15) is 4.79 Å². The molecule has 7 heteroatoms. The zero-order valence-corrected chi connectivity index (χ0v) is 18.7. The second-order valence-electron chi connectivity index (χ2n) is 7.05. The molecule has 1 amide bonds. The number of carbonyl (C=O) groups excluding carboxylic acids is 1. The van der Waals surface area contributed by atoms with Crippen molar-refractivity contribution < 1.29 is 4.79 Å². The Bertz CT molecular complexity index is 1080. The van der Waals surface area contributed by atoms with Gasteiger partial charge in [-0.3, -0.25) is 4.79 Å². The Balaban J connectivity index is 1.39. The van der Waals surface area contributed by atoms with Crippen LogP contribution in [0.25, 0.3) is 0 Å². The summed E-state index contributed by atoms with van der Waals surface area (Å²) < 4.78 is 2.20. The third-order valence-electron chi connectivity index (χ3n) is 4.79. The smallest absolute Gasteiger partial charge is 0.225 e. The van der Waals surface area contributed by atoms with E-state index in [1.54, 1.807) is 23.1 Å². The van der Waals surface area contributed by atoms with E-state index in [2.05, 4.69) is 61.9 Å². The lowest BCUT2D eigenvalue weighted by atomic mass is 10.1. The fourth-order valence-electron chi connectivity index (χ4n) is 3.22. The van der Waals surface area contributed by atoms with Crippen LogP contribution >= 0.6 is 23.1 Å². The number of nitrogens with zero attached hydrogens (tertiary/aromatic N) is 3. The first-order valence-electron chi connectivity index (χ1n) is 10.2. The monoisotopic (exact) mass is 448 g/mol. The maximum Gasteiger partial charge on any atom is 0.225 e. The van der Waals surface area contributed by atoms with Crippen molar-refractivity contribution in [3.05, 3.63) is 94.4 Å². The van der Waals surface area contributed by atoms with Crippen LogP contribution in [0.4, 0.5) is 5.69 Å². The minimum absolute atomic E-state index is 0.00728. The summed E-state index contributed by atoms with van der Waals surface area (Å²) in [5.41, 5.74) is 2.11. The number of thiophene rings is 1. The van der Waals surface area contributed by atoms with E-state index in [1.165, 1.54) is 10.4 Å². The Hall–Kier alpha value is -2.90. The molecule has 1 N–H and O–H groups in total. The van der Waals surface area contributed by atoms with Crippen LogP contribution < -0.4 is 5.32 Å². The molecule has 0 fully saturated rings. The second-order valence-corrected chi connectivity index (χ2v) is 9.15. The Labute approximate surface area is 190 Å². The van der Waals surface area contributed by atoms with E-state index in [1.807, 2.05) is 36.4 Å². The highest BCUT2D eigenvalue weighted by Crippen LogP contribution is 2.22. The minimum Gasteiger partial charge on any atom is -0.326 e. The van der Waals surface area contributed by atoms with Crippen LogP contribution in [0.15, 0.2) is 83.3 Å². The molecular formula is C24H24N4OS2. The quantitative estimate of drug-likeness (QED) is 0.335. The predicted molar refractivity (Wildman–Crippen MR) is 128 cm³/mol. The summed E-state index contributed by atoms with van der Waals surface area (Å²) >= 11 is 3.32. The normalized spacial score (nSPS) is 10.8. The Morgan fingerprint density at radius 3 is 2.48 bits per heavy atom. The van der Waals surface area contributed by atoms with Crippen molar-refractivity contribution >= 4 is 34.7 Å². The highest BCUT2D eigenvalue weighted by molar-refractivity contribution is 7.99. The van der Waals surface area contributed by atoms with Crippen LogP contribution in [0.2, 0.25) is 0 Å². The summed E-state index contributed by atoms with van der Waals surface area (Å²) in [5, 5.41) is 14.8. The highest BCUT2D eigenvalue weighted by atomic mass is 32.2. The number of carbonyl (C=O) groups is 1. The van der Waals surface area contributed by atoms with Gasteiger partial charge in [-0.1, -0.05) is 66.4 Å². The van der Waals surface area contributed by atoms with Gasteiger partial charge < -0.3 is 9.88 Å². The van der Waals surface area contributed by atoms with Gasteiger partial charge in [0.25, 0.3) is 0 Å². The van der Waals surface area contributed by atoms with Crippen molar-refractivity contribution in [2.24, 2.45) is 0 Å². The van der Waals surface area contributed by atoms with Gasteiger partial charge in [0.15, 0.2) is 5.16 Å². The third-order valence-corrected chi connectivity index (χ3v) is 6.64. The fourth-order valence-corrected chi connectivity index (χ4v) is 4.84. The number of aryl methyl sites for hydroxylation is 1. The molecule has 0 aliphatic carbocycles. The molecule has 0 aliphatic rings. The van der Waals surface area contributed by atoms with E-state index in [4.69, 9.17) is 0 Å². The molecule has 5 nitrogen and oxygen atoms in total. The predicted octanol–water partition coefficient (Wildman–Crippen LogP) is 5.29. The molecule has 31 heavy (non-hydrogen) atoms. The fraction of sp³-hybridized carbons (Fsp3) is 0.208. The molecule has 0 spiro atoms. The standard InChI is InChI=1S/C24H24N4OS2/c29-23(25-20-10-5-2-6-11-20)14-17-31-24-27-26-22(18-21-12-7-16-30-21)28(24)15-13-19-8-3-1-4-9-19/h1-12,16H,13-15,17-18H2,(H,25,29). The summed E-state index contributed by atoms with van der Waals surface area (Å²) in [6, 6.07) is 24.2. The second kappa shape index (κ2) is 10.9. The zero-order chi connectivity index (χ0) is 21.3. The van der Waals surface area contributed by atoms with E-state index < -0.39 is 0 Å². The largest absolute Gasteiger partial charge is 0.326 e. The van der Waals surface area contributed by atoms with Crippen molar-refractivity contribution in [1.29, 1.82) is 0 Å². The molecule has 0 saturated heterocycles. The van der Waals surface area contributed by atoms with Crippen LogP contribution in [0.5, 0.6) is 0 Å². The molecule has 0 saturated carbocycles. The van der Waals surface area contributed by atoms with E-state index in [0.29, 0.717) is 12.2 Å². The number of para-hydroxylation sites is 1. The summed E-state index contributed by atoms with van der Waals surface area (Å²) in [6.45, 7) is 0.816. The SMILES string of the molecule is O=C(CCSc1nnc(Cc2cccs2)n1CCc1ccccc1)Nc1ccccc1. The molecule has 4 rings (SSSR count). The first-order chi connectivity index (χ1) is 15.3. The van der Waals surface area contributed by atoms with Crippen LogP contribution in [0.1, 0.15) is 22.7 Å². The van der Waals surface area contributed by atoms with Gasteiger partial charge in [0.1, 0.15) is 5.82 Å². The molecule has 0 radical (unpaired) electrons. The van der Waals surface area contributed by atoms with Crippen molar-refractivity contribution in [3.8, 4) is 0 Å². The molecule has 0 unspecified atom stereocenters. The maximum atomic E-state index is 12.2. The van der Waals surface area contributed by atoms with Crippen LogP contribution in [-0.4, -0.2) is 26.4 Å². The summed E-state index contributed by atoms with van der Waals surface area (Å²) in [5.74, 6) is 1.63. The van der Waals surface area contributed by atoms with Gasteiger partial charge in [-0.25, -0.2) is 0 Å². The van der Waals surface area contributed by atoms with Crippen LogP contribution in [-0.2, 0) is 24.2 Å². The zero-order valence-electron chi connectivity index (χ0n) is 17.1. The van der Waals surface area contributed by atoms with Gasteiger partial charge in [0, 0.05) is 35.7 Å². The first-order valence-corrected chi connectivity index (χ1v) is 12.1. The number of hydrogen-bond donors (Lipinski definition) is 1. The van der Waals surface area contributed by atoms with Crippen molar-refractivity contribution in [1.82, 2.24) is 14.8 Å². The number of thioether (sulfide) groups is 1. The van der Waals surface area contributed by atoms with Gasteiger partial charge >= 0.3 is 0 Å². The van der Waals surface area contributed by atoms with Gasteiger partial charge in [0.05, 0.1) is 0 Å². The summed E-state index contributed by atoms with van der Waals surface area (Å²) in [6.07, 6.45) is 2.11. The Kier molecular flexibility index (Phi) is 7.52. The van der Waals surface area contributed by atoms with Crippen molar-refractivity contribution in [2.45, 2.75) is 31.0 Å². The number of nitrogens with one attached hydrogen (secondary N) is 1. The summed E-state index contributed by atoms with van der Waals surface area (Å²) in [7, 11) is 0. The molecule has 2 aromatic heterocycles. The lowest BCUT2D eigenvalue weighted by Gasteiger charge is -2.10. The van der Waals surface area contributed by atoms with E-state index in [0.717, 1.165) is 36.1 Å². The van der Waals surface area contributed by atoms with Gasteiger partial charge in [-0.15, -0.1) is 21.5 Å². The van der Waals surface area contributed by atoms with Gasteiger partial charge in [-0.05, 0) is 35.6 Å². The molecule has 2 aromatic carbocycles. The Morgan fingerprint density at radius 1 is 0.968 bits per heavy atom. The van der Waals surface area contributed by atoms with E-state index in [-0.39, 0.29) is 5.91 Å². The molecule has 2 heterocycles. The van der Waals surface area contributed by atoms with Crippen molar-refractivity contribution in [2.75, 3.05) is 11.1 Å². The maximum absolute atomic E-state index is 12.2. The highest BCUT2D eigenvalue weighted by Gasteiger charge is 2.14. The summed E-state index contributed by atoms with van der Waals surface area (Å²) in [4.78, 5) is 13.5. The lowest BCUT2D eigenvalue weighted by Crippen LogP contribution is -2.12. The lowest BCUT2D eigenvalue weighted by molar-refractivity contribution is -0.115. The number of anilines is 1. The van der Waals surface area contributed by atoms with Gasteiger partial charge in [0.2, 0.25) is 5.91 Å². The topological polar surface area (TPSA) is 59.8 Å². The molecular weight excluding hydrogens is 424 g/mol. The van der Waals surface area contributed by atoms with Crippen LogP contribution in [0.3, 0.4) is 0 Å². The van der Waals surface area contributed by atoms with Crippen molar-refractivity contribution in [3.63, 3.8) is 0 Å². The average Bonchev–Trinajstić information content (AvgIpc) is 3.44. The number of amides is 1. The molecule has 4 aromatic rings. The molecule has 0 atom stereocenters.